The molecule has 2 aromatic carbocycles. The van der Waals surface area contributed by atoms with Crippen molar-refractivity contribution in [2.24, 2.45) is 5.41 Å². The highest BCUT2D eigenvalue weighted by molar-refractivity contribution is 5.84. The lowest BCUT2D eigenvalue weighted by molar-refractivity contribution is -0.143. The van der Waals surface area contributed by atoms with Gasteiger partial charge in [0.2, 0.25) is 5.91 Å². The monoisotopic (exact) mass is 545 g/mol. The number of rotatable bonds is 7. The van der Waals surface area contributed by atoms with Gasteiger partial charge in [-0.25, -0.2) is 23.0 Å². The Balaban J connectivity index is 1.44. The van der Waals surface area contributed by atoms with E-state index in [1.165, 1.54) is 7.11 Å². The number of piperidine rings is 1. The lowest BCUT2D eigenvalue weighted by Gasteiger charge is -2.40. The van der Waals surface area contributed by atoms with E-state index in [1.54, 1.807) is 23.7 Å². The summed E-state index contributed by atoms with van der Waals surface area (Å²) in [5.41, 5.74) is 1.24. The van der Waals surface area contributed by atoms with Crippen LogP contribution < -0.4 is 10.2 Å². The molecule has 1 saturated heterocycles. The number of ether oxygens (including phenoxy) is 1. The quantitative estimate of drug-likeness (QED) is 0.135. The van der Waals surface area contributed by atoms with Crippen molar-refractivity contribution in [2.45, 2.75) is 31.8 Å². The summed E-state index contributed by atoms with van der Waals surface area (Å²) in [7, 11) is 1.47. The van der Waals surface area contributed by atoms with Gasteiger partial charge in [-0.2, -0.15) is 0 Å². The van der Waals surface area contributed by atoms with Crippen LogP contribution in [-0.4, -0.2) is 52.8 Å². The molecule has 2 heterocycles. The predicted octanol–water partition coefficient (Wildman–Crippen LogP) is 4.25. The van der Waals surface area contributed by atoms with E-state index in [0.29, 0.717) is 42.6 Å². The topological polar surface area (TPSA) is 94.9 Å². The van der Waals surface area contributed by atoms with Gasteiger partial charge in [-0.3, -0.25) is 19.9 Å². The fourth-order valence-corrected chi connectivity index (χ4v) is 4.92. The van der Waals surface area contributed by atoms with E-state index in [4.69, 9.17) is 4.74 Å². The minimum Gasteiger partial charge on any atom is -0.497 e. The van der Waals surface area contributed by atoms with E-state index < -0.39 is 40.7 Å². The Labute approximate surface area is 222 Å². The molecule has 1 aromatic heterocycles. The molecule has 0 bridgehead atoms. The van der Waals surface area contributed by atoms with Crippen LogP contribution >= 0.6 is 0 Å². The first-order valence-corrected chi connectivity index (χ1v) is 12.3. The average molecular weight is 546 g/mol. The molecule has 11 heteroatoms. The molecule has 0 unspecified atom stereocenters. The average Bonchev–Trinajstić information content (AvgIpc) is 2.94. The van der Waals surface area contributed by atoms with Crippen LogP contribution in [-0.2, 0) is 4.79 Å². The van der Waals surface area contributed by atoms with Gasteiger partial charge in [0, 0.05) is 29.6 Å². The van der Waals surface area contributed by atoms with E-state index in [9.17, 15) is 32.7 Å². The number of hydrogen-bond donors (Lipinski definition) is 3. The number of amides is 1. The molecule has 3 N–H and O–H groups in total. The summed E-state index contributed by atoms with van der Waals surface area (Å²) in [4.78, 5) is 18.7. The molecule has 1 aliphatic heterocycles. The molecule has 0 spiro atoms. The van der Waals surface area contributed by atoms with Crippen molar-refractivity contribution >= 4 is 16.8 Å². The highest BCUT2D eigenvalue weighted by Gasteiger charge is 2.41. The third-order valence-electron chi connectivity index (χ3n) is 7.21. The normalized spacial score (nSPS) is 15.9. The van der Waals surface area contributed by atoms with Gasteiger partial charge in [-0.1, -0.05) is 11.8 Å². The van der Waals surface area contributed by atoms with E-state index in [-0.39, 0.29) is 30.5 Å². The summed E-state index contributed by atoms with van der Waals surface area (Å²) in [6.45, 7) is 1.05. The first kappa shape index (κ1) is 28.3. The van der Waals surface area contributed by atoms with Gasteiger partial charge in [-0.15, -0.1) is 0 Å². The van der Waals surface area contributed by atoms with Gasteiger partial charge in [0.1, 0.15) is 11.6 Å². The molecule has 0 radical (unpaired) electrons. The van der Waals surface area contributed by atoms with Crippen LogP contribution in [0.1, 0.15) is 42.9 Å². The van der Waals surface area contributed by atoms with Gasteiger partial charge in [0.05, 0.1) is 36.9 Å². The Bertz CT molecular complexity index is 1410. The molecule has 0 saturated carbocycles. The second-order valence-electron chi connectivity index (χ2n) is 9.51. The molecule has 4 rings (SSSR count). The summed E-state index contributed by atoms with van der Waals surface area (Å²) >= 11 is 0. The number of aliphatic hydroxyl groups is 1. The van der Waals surface area contributed by atoms with Crippen LogP contribution in [0.5, 0.6) is 5.75 Å². The molecule has 1 amide bonds. The van der Waals surface area contributed by atoms with Gasteiger partial charge in [-0.05, 0) is 56.0 Å². The van der Waals surface area contributed by atoms with Gasteiger partial charge in [0.25, 0.3) is 0 Å². The van der Waals surface area contributed by atoms with Crippen molar-refractivity contribution in [3.8, 4) is 17.6 Å². The van der Waals surface area contributed by atoms with Crippen LogP contribution in [0, 0.1) is 40.5 Å². The zero-order valence-electron chi connectivity index (χ0n) is 21.1. The molecule has 0 aliphatic carbocycles. The van der Waals surface area contributed by atoms with Crippen molar-refractivity contribution in [3.63, 3.8) is 0 Å². The summed E-state index contributed by atoms with van der Waals surface area (Å²) in [5, 5.41) is 20.8. The van der Waals surface area contributed by atoms with Crippen molar-refractivity contribution in [3.05, 3.63) is 70.9 Å². The van der Waals surface area contributed by atoms with Crippen LogP contribution in [0.2, 0.25) is 0 Å². The molecule has 39 heavy (non-hydrogen) atoms. The number of benzene rings is 2. The maximum atomic E-state index is 14.8. The van der Waals surface area contributed by atoms with E-state index in [1.807, 2.05) is 4.90 Å². The number of hydrogen-bond acceptors (Lipinski definition) is 6. The van der Waals surface area contributed by atoms with Crippen molar-refractivity contribution in [1.82, 2.24) is 15.4 Å². The maximum Gasteiger partial charge on any atom is 0.249 e. The summed E-state index contributed by atoms with van der Waals surface area (Å²) in [5.74, 6) is 0.392. The molecule has 7 nitrogen and oxygen atoms in total. The molecule has 206 valence electrons. The van der Waals surface area contributed by atoms with Crippen molar-refractivity contribution in [2.75, 3.05) is 26.7 Å². The van der Waals surface area contributed by atoms with Gasteiger partial charge in [0.15, 0.2) is 17.5 Å². The van der Waals surface area contributed by atoms with Crippen LogP contribution in [0.25, 0.3) is 10.9 Å². The molecule has 3 aromatic rings. The Hall–Kier alpha value is -3.72. The van der Waals surface area contributed by atoms with Crippen molar-refractivity contribution < 1.29 is 37.4 Å². The number of likely N-dealkylation sites (tertiary alicyclic amines) is 1. The Morgan fingerprint density at radius 1 is 1.15 bits per heavy atom. The minimum atomic E-state index is -1.56. The summed E-state index contributed by atoms with van der Waals surface area (Å²) in [6, 6.07) is 6.56. The van der Waals surface area contributed by atoms with Crippen LogP contribution in [0.4, 0.5) is 17.6 Å². The van der Waals surface area contributed by atoms with Crippen molar-refractivity contribution in [1.29, 1.82) is 0 Å². The second kappa shape index (κ2) is 12.0. The number of methoxy groups -OCH3 is 1. The second-order valence-corrected chi connectivity index (χ2v) is 9.51. The maximum absolute atomic E-state index is 14.8. The number of nitrogens with one attached hydrogen (secondary N) is 1. The first-order chi connectivity index (χ1) is 18.7. The first-order valence-electron chi connectivity index (χ1n) is 12.3. The third kappa shape index (κ3) is 6.14. The highest BCUT2D eigenvalue weighted by atomic mass is 19.2. The molecule has 1 aliphatic rings. The van der Waals surface area contributed by atoms with E-state index in [0.717, 1.165) is 18.3 Å². The SMILES string of the molecule is COc1ccc2ncc(F)c([C@H](O)CCC3(C(=O)NO)CCN(CC#Cc4cc(F)c(F)c(F)c4)CC3)c2c1. The molecule has 1 fully saturated rings. The summed E-state index contributed by atoms with van der Waals surface area (Å²) in [6.07, 6.45) is 0.648. The Morgan fingerprint density at radius 3 is 2.49 bits per heavy atom. The highest BCUT2D eigenvalue weighted by Crippen LogP contribution is 2.40. The number of aliphatic hydroxyl groups excluding tert-OH is 1. The fraction of sp³-hybridized carbons (Fsp3) is 0.357. The van der Waals surface area contributed by atoms with Crippen LogP contribution in [0.15, 0.2) is 36.5 Å². The number of hydroxylamine groups is 1. The summed E-state index contributed by atoms with van der Waals surface area (Å²) < 4.78 is 59.9. The number of nitrogens with zero attached hydrogens (tertiary/aromatic N) is 2. The largest absolute Gasteiger partial charge is 0.497 e. The molecule has 1 atom stereocenters. The lowest BCUT2D eigenvalue weighted by atomic mass is 9.73. The number of aromatic nitrogens is 1. The van der Waals surface area contributed by atoms with Gasteiger partial charge < -0.3 is 9.84 Å². The number of pyridine rings is 1. The smallest absolute Gasteiger partial charge is 0.249 e. The fourth-order valence-electron chi connectivity index (χ4n) is 4.92. The zero-order valence-corrected chi connectivity index (χ0v) is 21.1. The third-order valence-corrected chi connectivity index (χ3v) is 7.21. The number of fused-ring (bicyclic) bond motifs is 1. The van der Waals surface area contributed by atoms with Gasteiger partial charge >= 0.3 is 0 Å². The van der Waals surface area contributed by atoms with E-state index >= 15 is 0 Å². The molecular weight excluding hydrogens is 518 g/mol. The Kier molecular flexibility index (Phi) is 8.70. The Morgan fingerprint density at radius 2 is 1.85 bits per heavy atom. The zero-order chi connectivity index (χ0) is 28.2. The predicted molar refractivity (Wildman–Crippen MR) is 134 cm³/mol. The molecular formula is C28H27F4N3O4. The minimum absolute atomic E-state index is 0.000102. The number of halogens is 4. The van der Waals surface area contributed by atoms with Crippen LogP contribution in [0.3, 0.4) is 0 Å². The number of carbonyl (C=O) groups excluding carboxylic acids is 1. The lowest BCUT2D eigenvalue weighted by Crippen LogP contribution is -2.48. The van der Waals surface area contributed by atoms with E-state index in [2.05, 4.69) is 16.8 Å². The number of carbonyl (C=O) groups is 1. The standard InChI is InChI=1S/C28H27F4N3O4/c1-39-18-4-5-23-19(15-18)25(22(31)16-33-23)24(36)6-7-28(27(37)34-38)8-11-35(12-9-28)10-2-3-17-13-20(29)26(32)21(30)14-17/h4-5,13-16,24,36,38H,6-12H2,1H3,(H,34,37)/t24-/m1/s1.